The molecule has 2 bridgehead atoms. The molecule has 2 saturated heterocycles. The molecular weight excluding hydrogens is 251 g/mol. The Labute approximate surface area is 121 Å². The smallest absolute Gasteiger partial charge is 0.127 e. The molecule has 1 aromatic rings. The molecule has 0 amide bonds. The van der Waals surface area contributed by atoms with Crippen molar-refractivity contribution in [3.05, 3.63) is 35.6 Å². The van der Waals surface area contributed by atoms with E-state index >= 15 is 0 Å². The molecule has 2 aliphatic rings. The molecule has 2 nitrogen and oxygen atoms in total. The Bertz CT molecular complexity index is 448. The van der Waals surface area contributed by atoms with Gasteiger partial charge in [-0.3, -0.25) is 0 Å². The summed E-state index contributed by atoms with van der Waals surface area (Å²) in [6.07, 6.45) is 5.31. The Morgan fingerprint density at radius 2 is 1.90 bits per heavy atom. The maximum absolute atomic E-state index is 13.7. The summed E-state index contributed by atoms with van der Waals surface area (Å²) in [5, 5.41) is 3.53. The molecule has 110 valence electrons. The number of piperidine rings is 1. The van der Waals surface area contributed by atoms with Crippen LogP contribution < -0.4 is 5.32 Å². The molecule has 0 saturated carbocycles. The van der Waals surface area contributed by atoms with Crippen molar-refractivity contribution in [3.63, 3.8) is 0 Å². The van der Waals surface area contributed by atoms with Crippen molar-refractivity contribution in [1.82, 2.24) is 10.2 Å². The number of hydrogen-bond acceptors (Lipinski definition) is 2. The highest BCUT2D eigenvalue weighted by Gasteiger charge is 2.38. The highest BCUT2D eigenvalue weighted by atomic mass is 19.1. The minimum Gasteiger partial charge on any atom is -0.310 e. The number of rotatable bonds is 4. The fraction of sp³-hybridized carbons (Fsp3) is 0.647. The Balaban J connectivity index is 1.54. The third-order valence-electron chi connectivity index (χ3n) is 5.28. The lowest BCUT2D eigenvalue weighted by molar-refractivity contribution is 0.131. The molecule has 2 fully saturated rings. The van der Waals surface area contributed by atoms with Gasteiger partial charge in [-0.25, -0.2) is 4.39 Å². The second kappa shape index (κ2) is 5.82. The number of halogens is 1. The summed E-state index contributed by atoms with van der Waals surface area (Å²) in [4.78, 5) is 2.57. The van der Waals surface area contributed by atoms with Gasteiger partial charge in [0, 0.05) is 23.7 Å². The van der Waals surface area contributed by atoms with E-state index in [0.717, 1.165) is 30.1 Å². The third kappa shape index (κ3) is 2.75. The van der Waals surface area contributed by atoms with Crippen LogP contribution in [0.1, 0.15) is 44.2 Å². The molecule has 3 atom stereocenters. The van der Waals surface area contributed by atoms with Crippen LogP contribution in [0.5, 0.6) is 0 Å². The lowest BCUT2D eigenvalue weighted by atomic mass is 9.90. The van der Waals surface area contributed by atoms with Crippen LogP contribution in [0, 0.1) is 11.7 Å². The molecule has 3 unspecified atom stereocenters. The van der Waals surface area contributed by atoms with Crippen LogP contribution in [-0.4, -0.2) is 30.6 Å². The zero-order valence-corrected chi connectivity index (χ0v) is 12.5. The van der Waals surface area contributed by atoms with Crippen molar-refractivity contribution in [2.75, 3.05) is 13.6 Å². The van der Waals surface area contributed by atoms with Gasteiger partial charge < -0.3 is 10.2 Å². The van der Waals surface area contributed by atoms with E-state index in [0.29, 0.717) is 0 Å². The molecular formula is C17H25FN2. The first-order valence-corrected chi connectivity index (χ1v) is 7.85. The number of benzene rings is 1. The first-order chi connectivity index (χ1) is 9.65. The molecule has 3 heteroatoms. The minimum absolute atomic E-state index is 0.0912. The molecule has 0 aromatic heterocycles. The van der Waals surface area contributed by atoms with Crippen molar-refractivity contribution < 1.29 is 4.39 Å². The monoisotopic (exact) mass is 276 g/mol. The fourth-order valence-corrected chi connectivity index (χ4v) is 3.97. The minimum atomic E-state index is -0.101. The van der Waals surface area contributed by atoms with Crippen LogP contribution in [0.25, 0.3) is 0 Å². The molecule has 0 aliphatic carbocycles. The molecule has 0 spiro atoms. The number of nitrogens with one attached hydrogen (secondary N) is 1. The first kappa shape index (κ1) is 14.0. The van der Waals surface area contributed by atoms with E-state index in [4.69, 9.17) is 0 Å². The van der Waals surface area contributed by atoms with E-state index in [1.54, 1.807) is 12.1 Å². The summed E-state index contributed by atoms with van der Waals surface area (Å²) in [7, 11) is 2.27. The maximum Gasteiger partial charge on any atom is 0.127 e. The average molecular weight is 276 g/mol. The number of hydrogen-bond donors (Lipinski definition) is 1. The van der Waals surface area contributed by atoms with Gasteiger partial charge in [0.1, 0.15) is 5.82 Å². The largest absolute Gasteiger partial charge is 0.310 e. The van der Waals surface area contributed by atoms with E-state index < -0.39 is 0 Å². The van der Waals surface area contributed by atoms with Crippen molar-refractivity contribution in [3.8, 4) is 0 Å². The SMILES string of the molecule is CC(NCC1CC2CCC(C1)N2C)c1ccccc1F. The summed E-state index contributed by atoms with van der Waals surface area (Å²) < 4.78 is 13.7. The predicted molar refractivity (Wildman–Crippen MR) is 80.1 cm³/mol. The van der Waals surface area contributed by atoms with Crippen LogP contribution in [-0.2, 0) is 0 Å². The third-order valence-corrected chi connectivity index (χ3v) is 5.28. The van der Waals surface area contributed by atoms with E-state index in [2.05, 4.69) is 24.2 Å². The van der Waals surface area contributed by atoms with E-state index in [9.17, 15) is 4.39 Å². The zero-order valence-electron chi connectivity index (χ0n) is 12.5. The van der Waals surface area contributed by atoms with Crippen LogP contribution in [0.3, 0.4) is 0 Å². The molecule has 1 N–H and O–H groups in total. The summed E-state index contributed by atoms with van der Waals surface area (Å²) in [6.45, 7) is 3.07. The Morgan fingerprint density at radius 3 is 2.55 bits per heavy atom. The van der Waals surface area contributed by atoms with Gasteiger partial charge in [0.05, 0.1) is 0 Å². The van der Waals surface area contributed by atoms with Crippen LogP contribution >= 0.6 is 0 Å². The maximum atomic E-state index is 13.7. The zero-order chi connectivity index (χ0) is 14.1. The first-order valence-electron chi connectivity index (χ1n) is 7.85. The molecule has 3 rings (SSSR count). The lowest BCUT2D eigenvalue weighted by Crippen LogP contribution is -2.42. The van der Waals surface area contributed by atoms with E-state index in [1.165, 1.54) is 25.7 Å². The van der Waals surface area contributed by atoms with Gasteiger partial charge in [0.15, 0.2) is 0 Å². The average Bonchev–Trinajstić information content (AvgIpc) is 2.66. The molecule has 2 aliphatic heterocycles. The van der Waals surface area contributed by atoms with Crippen LogP contribution in [0.4, 0.5) is 4.39 Å². The molecule has 0 radical (unpaired) electrons. The van der Waals surface area contributed by atoms with Gasteiger partial charge in [-0.1, -0.05) is 18.2 Å². The Hall–Kier alpha value is -0.930. The highest BCUT2D eigenvalue weighted by molar-refractivity contribution is 5.20. The van der Waals surface area contributed by atoms with Crippen molar-refractivity contribution in [1.29, 1.82) is 0 Å². The normalized spacial score (nSPS) is 31.4. The van der Waals surface area contributed by atoms with Crippen LogP contribution in [0.15, 0.2) is 24.3 Å². The molecule has 20 heavy (non-hydrogen) atoms. The summed E-state index contributed by atoms with van der Waals surface area (Å²) in [5.41, 5.74) is 0.781. The number of nitrogens with zero attached hydrogens (tertiary/aromatic N) is 1. The second-order valence-corrected chi connectivity index (χ2v) is 6.54. The highest BCUT2D eigenvalue weighted by Crippen LogP contribution is 2.37. The quantitative estimate of drug-likeness (QED) is 0.907. The van der Waals surface area contributed by atoms with Crippen LogP contribution in [0.2, 0.25) is 0 Å². The Kier molecular flexibility index (Phi) is 4.08. The van der Waals surface area contributed by atoms with E-state index in [-0.39, 0.29) is 11.9 Å². The van der Waals surface area contributed by atoms with Crippen molar-refractivity contribution >= 4 is 0 Å². The summed E-state index contributed by atoms with van der Waals surface area (Å²) >= 11 is 0. The van der Waals surface area contributed by atoms with E-state index in [1.807, 2.05) is 12.1 Å². The molecule has 2 heterocycles. The Morgan fingerprint density at radius 1 is 1.25 bits per heavy atom. The van der Waals surface area contributed by atoms with Crippen molar-refractivity contribution in [2.24, 2.45) is 5.92 Å². The lowest BCUT2D eigenvalue weighted by Gasteiger charge is -2.36. The molecule has 1 aromatic carbocycles. The summed E-state index contributed by atoms with van der Waals surface area (Å²) in [5.74, 6) is 0.647. The summed E-state index contributed by atoms with van der Waals surface area (Å²) in [6, 6.07) is 8.74. The standard InChI is InChI=1S/C17H25FN2/c1-12(16-5-3-4-6-17(16)18)19-11-13-9-14-7-8-15(10-13)20(14)2/h3-6,12-15,19H,7-11H2,1-2H3. The van der Waals surface area contributed by atoms with Gasteiger partial charge in [0.2, 0.25) is 0 Å². The fourth-order valence-electron chi connectivity index (χ4n) is 3.97. The predicted octanol–water partition coefficient (Wildman–Crippen LogP) is 3.35. The van der Waals surface area contributed by atoms with Gasteiger partial charge in [-0.15, -0.1) is 0 Å². The topological polar surface area (TPSA) is 15.3 Å². The number of fused-ring (bicyclic) bond motifs is 2. The van der Waals surface area contributed by atoms with Gasteiger partial charge >= 0.3 is 0 Å². The van der Waals surface area contributed by atoms with Crippen molar-refractivity contribution in [2.45, 2.75) is 50.7 Å². The second-order valence-electron chi connectivity index (χ2n) is 6.54. The van der Waals surface area contributed by atoms with Gasteiger partial charge in [-0.05, 0) is 58.2 Å². The van der Waals surface area contributed by atoms with Gasteiger partial charge in [0.25, 0.3) is 0 Å². The van der Waals surface area contributed by atoms with Gasteiger partial charge in [-0.2, -0.15) is 0 Å².